The van der Waals surface area contributed by atoms with Crippen LogP contribution in [0.5, 0.6) is 0 Å². The maximum atomic E-state index is 13.9. The van der Waals surface area contributed by atoms with Crippen LogP contribution in [-0.4, -0.2) is 25.7 Å². The molecule has 0 aliphatic rings. The molecule has 2 rings (SSSR count). The number of nitrogens with zero attached hydrogens (tertiary/aromatic N) is 1. The summed E-state index contributed by atoms with van der Waals surface area (Å²) in [5.74, 6) is -0.606. The van der Waals surface area contributed by atoms with E-state index in [1.807, 2.05) is 13.8 Å². The van der Waals surface area contributed by atoms with Gasteiger partial charge in [0, 0.05) is 23.4 Å². The molecular weight excluding hydrogens is 305 g/mol. The Morgan fingerprint density at radius 2 is 2.10 bits per heavy atom. The third-order valence-corrected chi connectivity index (χ3v) is 4.20. The first-order valence-electron chi connectivity index (χ1n) is 6.14. The summed E-state index contributed by atoms with van der Waals surface area (Å²) in [4.78, 5) is -0.211. The van der Waals surface area contributed by atoms with Gasteiger partial charge in [0.2, 0.25) is 0 Å². The zero-order valence-electron chi connectivity index (χ0n) is 11.1. The third-order valence-electron chi connectivity index (χ3n) is 2.87. The highest BCUT2D eigenvalue weighted by Gasteiger charge is 2.21. The Morgan fingerprint density at radius 3 is 2.70 bits per heavy atom. The van der Waals surface area contributed by atoms with Crippen molar-refractivity contribution in [3.05, 3.63) is 30.2 Å². The van der Waals surface area contributed by atoms with Crippen LogP contribution in [0.1, 0.15) is 13.8 Å². The predicted octanol–water partition coefficient (Wildman–Crippen LogP) is 3.13. The van der Waals surface area contributed by atoms with Crippen molar-refractivity contribution in [2.24, 2.45) is 0 Å². The van der Waals surface area contributed by atoms with Crippen molar-refractivity contribution in [1.29, 1.82) is 0 Å². The normalized spacial score (nSPS) is 12.4. The molecule has 1 heterocycles. The molecule has 2 aromatic rings. The van der Waals surface area contributed by atoms with E-state index < -0.39 is 14.9 Å². The molecule has 0 atom stereocenters. The minimum atomic E-state index is -4.00. The Bertz CT molecular complexity index is 725. The average Bonchev–Trinajstić information content (AvgIpc) is 2.69. The molecule has 0 aliphatic carbocycles. The minimum Gasteiger partial charge on any atom is -0.377 e. The van der Waals surface area contributed by atoms with E-state index in [2.05, 4.69) is 0 Å². The van der Waals surface area contributed by atoms with Gasteiger partial charge in [0.05, 0.1) is 23.6 Å². The first kappa shape index (κ1) is 15.3. The second kappa shape index (κ2) is 5.71. The van der Waals surface area contributed by atoms with Crippen LogP contribution in [0.3, 0.4) is 0 Å². The lowest BCUT2D eigenvalue weighted by Crippen LogP contribution is -2.09. The lowest BCUT2D eigenvalue weighted by atomic mass is 10.2. The Morgan fingerprint density at radius 1 is 1.40 bits per heavy atom. The second-order valence-corrected chi connectivity index (χ2v) is 7.21. The van der Waals surface area contributed by atoms with Gasteiger partial charge in [-0.3, -0.25) is 0 Å². The monoisotopic (exact) mass is 319 g/mol. The Balaban J connectivity index is 2.49. The molecule has 0 unspecified atom stereocenters. The summed E-state index contributed by atoms with van der Waals surface area (Å²) in [6, 6.07) is 4.39. The van der Waals surface area contributed by atoms with Gasteiger partial charge in [0.15, 0.2) is 0 Å². The number of ether oxygens (including phenoxy) is 1. The molecule has 0 fully saturated rings. The second-order valence-electron chi connectivity index (χ2n) is 4.68. The van der Waals surface area contributed by atoms with Crippen LogP contribution >= 0.6 is 10.7 Å². The number of hydrogen-bond acceptors (Lipinski definition) is 3. The van der Waals surface area contributed by atoms with Gasteiger partial charge < -0.3 is 9.30 Å². The Hall–Kier alpha value is -1.11. The molecule has 0 radical (unpaired) electrons. The maximum absolute atomic E-state index is 13.9. The molecule has 0 spiro atoms. The molecule has 20 heavy (non-hydrogen) atoms. The van der Waals surface area contributed by atoms with Crippen molar-refractivity contribution in [2.45, 2.75) is 31.4 Å². The molecule has 0 saturated carbocycles. The largest absolute Gasteiger partial charge is 0.377 e. The van der Waals surface area contributed by atoms with Crippen molar-refractivity contribution in [2.75, 3.05) is 6.61 Å². The summed E-state index contributed by atoms with van der Waals surface area (Å²) in [6.45, 7) is 4.63. The number of rotatable bonds is 5. The van der Waals surface area contributed by atoms with Gasteiger partial charge in [-0.1, -0.05) is 6.07 Å². The van der Waals surface area contributed by atoms with Crippen molar-refractivity contribution >= 4 is 30.6 Å². The Labute approximate surface area is 121 Å². The summed E-state index contributed by atoms with van der Waals surface area (Å²) in [7, 11) is 1.37. The van der Waals surface area contributed by atoms with E-state index in [1.54, 1.807) is 10.6 Å². The first-order valence-corrected chi connectivity index (χ1v) is 8.45. The van der Waals surface area contributed by atoms with Gasteiger partial charge in [-0.15, -0.1) is 0 Å². The van der Waals surface area contributed by atoms with Crippen LogP contribution in [0.2, 0.25) is 0 Å². The average molecular weight is 320 g/mol. The molecule has 4 nitrogen and oxygen atoms in total. The quantitative estimate of drug-likeness (QED) is 0.795. The molecule has 1 aromatic heterocycles. The van der Waals surface area contributed by atoms with Crippen molar-refractivity contribution in [3.63, 3.8) is 0 Å². The van der Waals surface area contributed by atoms with Crippen LogP contribution in [-0.2, 0) is 20.3 Å². The first-order chi connectivity index (χ1) is 9.30. The number of fused-ring (bicyclic) bond motifs is 1. The van der Waals surface area contributed by atoms with Crippen LogP contribution in [0.4, 0.5) is 4.39 Å². The fourth-order valence-corrected chi connectivity index (χ4v) is 3.08. The maximum Gasteiger partial charge on any atom is 0.263 e. The molecule has 0 bridgehead atoms. The zero-order valence-corrected chi connectivity index (χ0v) is 12.7. The summed E-state index contributed by atoms with van der Waals surface area (Å²) >= 11 is 0. The van der Waals surface area contributed by atoms with E-state index in [1.165, 1.54) is 18.3 Å². The van der Waals surface area contributed by atoms with E-state index in [0.29, 0.717) is 18.7 Å². The smallest absolute Gasteiger partial charge is 0.263 e. The summed E-state index contributed by atoms with van der Waals surface area (Å²) in [5.41, 5.74) is 0.483. The molecule has 0 aliphatic heterocycles. The van der Waals surface area contributed by atoms with Gasteiger partial charge in [0.1, 0.15) is 10.7 Å². The van der Waals surface area contributed by atoms with Gasteiger partial charge in [-0.05, 0) is 26.0 Å². The number of benzene rings is 1. The lowest BCUT2D eigenvalue weighted by molar-refractivity contribution is 0.0733. The molecule has 110 valence electrons. The van der Waals surface area contributed by atoms with E-state index in [-0.39, 0.29) is 16.4 Å². The Kier molecular flexibility index (Phi) is 4.36. The van der Waals surface area contributed by atoms with Crippen LogP contribution < -0.4 is 0 Å². The van der Waals surface area contributed by atoms with E-state index >= 15 is 0 Å². The van der Waals surface area contributed by atoms with Crippen LogP contribution in [0.25, 0.3) is 10.9 Å². The molecular formula is C13H15ClFNO3S. The van der Waals surface area contributed by atoms with Gasteiger partial charge in [-0.25, -0.2) is 12.8 Å². The van der Waals surface area contributed by atoms with E-state index in [0.717, 1.165) is 0 Å². The highest BCUT2D eigenvalue weighted by atomic mass is 35.7. The van der Waals surface area contributed by atoms with E-state index in [9.17, 15) is 12.8 Å². The van der Waals surface area contributed by atoms with Crippen LogP contribution in [0.15, 0.2) is 29.3 Å². The lowest BCUT2D eigenvalue weighted by Gasteiger charge is -2.09. The van der Waals surface area contributed by atoms with Gasteiger partial charge in [0.25, 0.3) is 9.05 Å². The van der Waals surface area contributed by atoms with E-state index in [4.69, 9.17) is 15.4 Å². The standard InChI is InChI=1S/C13H15ClFNO3S/c1-9(2)19-7-6-16-8-12(20(14,17)18)13-10(15)4-3-5-11(13)16/h3-5,8-9H,6-7H2,1-2H3. The molecule has 0 N–H and O–H groups in total. The molecule has 0 saturated heterocycles. The highest BCUT2D eigenvalue weighted by molar-refractivity contribution is 8.14. The SMILES string of the molecule is CC(C)OCCn1cc(S(=O)(=O)Cl)c2c(F)cccc21. The molecule has 7 heteroatoms. The highest BCUT2D eigenvalue weighted by Crippen LogP contribution is 2.30. The summed E-state index contributed by atoms with van der Waals surface area (Å²) < 4.78 is 44.0. The minimum absolute atomic E-state index is 0.0204. The van der Waals surface area contributed by atoms with Crippen molar-refractivity contribution in [1.82, 2.24) is 4.57 Å². The molecule has 0 amide bonds. The van der Waals surface area contributed by atoms with Gasteiger partial charge >= 0.3 is 0 Å². The zero-order chi connectivity index (χ0) is 14.9. The predicted molar refractivity (Wildman–Crippen MR) is 76.0 cm³/mol. The summed E-state index contributed by atoms with van der Waals surface area (Å²) in [6.07, 6.45) is 1.42. The fourth-order valence-electron chi connectivity index (χ4n) is 2.03. The topological polar surface area (TPSA) is 48.3 Å². The van der Waals surface area contributed by atoms with Crippen molar-refractivity contribution < 1.29 is 17.5 Å². The van der Waals surface area contributed by atoms with Crippen molar-refractivity contribution in [3.8, 4) is 0 Å². The van der Waals surface area contributed by atoms with Crippen LogP contribution in [0, 0.1) is 5.82 Å². The summed E-state index contributed by atoms with van der Waals surface area (Å²) in [5, 5.41) is 0.0204. The number of halogens is 2. The number of hydrogen-bond donors (Lipinski definition) is 0. The molecule has 1 aromatic carbocycles. The number of aromatic nitrogens is 1. The third kappa shape index (κ3) is 3.13. The fraction of sp³-hybridized carbons (Fsp3) is 0.385. The van der Waals surface area contributed by atoms with Gasteiger partial charge in [-0.2, -0.15) is 0 Å².